The van der Waals surface area contributed by atoms with Crippen LogP contribution in [0.1, 0.15) is 23.1 Å². The van der Waals surface area contributed by atoms with Crippen LogP contribution in [0, 0.1) is 11.3 Å². The SMILES string of the molecule is N#CCc1cnc(OC(F)(F)F)c(CBr)c1C(F)F. The number of nitrogens with zero attached hydrogens (tertiary/aromatic N) is 2. The maximum atomic E-state index is 12.9. The largest absolute Gasteiger partial charge is 0.574 e. The minimum absolute atomic E-state index is 0.124. The van der Waals surface area contributed by atoms with E-state index in [1.54, 1.807) is 6.07 Å². The van der Waals surface area contributed by atoms with Crippen LogP contribution in [0.5, 0.6) is 5.88 Å². The van der Waals surface area contributed by atoms with Crippen LogP contribution in [0.4, 0.5) is 22.0 Å². The summed E-state index contributed by atoms with van der Waals surface area (Å²) in [7, 11) is 0. The predicted molar refractivity (Wildman–Crippen MR) is 57.8 cm³/mol. The van der Waals surface area contributed by atoms with Crippen molar-refractivity contribution < 1.29 is 26.7 Å². The highest BCUT2D eigenvalue weighted by molar-refractivity contribution is 9.08. The minimum Gasteiger partial charge on any atom is -0.388 e. The van der Waals surface area contributed by atoms with Gasteiger partial charge in [-0.25, -0.2) is 13.8 Å². The van der Waals surface area contributed by atoms with Crippen LogP contribution in [0.15, 0.2) is 6.20 Å². The summed E-state index contributed by atoms with van der Waals surface area (Å²) in [4.78, 5) is 3.34. The zero-order valence-electron chi connectivity index (χ0n) is 9.14. The second-order valence-electron chi connectivity index (χ2n) is 3.30. The molecule has 1 aromatic heterocycles. The number of hydrogen-bond acceptors (Lipinski definition) is 3. The molecule has 104 valence electrons. The van der Waals surface area contributed by atoms with E-state index in [0.29, 0.717) is 0 Å². The molecule has 0 aliphatic rings. The third kappa shape index (κ3) is 4.02. The third-order valence-electron chi connectivity index (χ3n) is 2.10. The van der Waals surface area contributed by atoms with Gasteiger partial charge in [0.25, 0.3) is 6.43 Å². The fourth-order valence-electron chi connectivity index (χ4n) is 1.42. The highest BCUT2D eigenvalue weighted by Crippen LogP contribution is 2.35. The fourth-order valence-corrected chi connectivity index (χ4v) is 1.96. The standard InChI is InChI=1S/C10H6BrF5N2O/c11-3-6-7(8(12)13)5(1-2-17)4-18-9(6)19-10(14,15)16/h4,8H,1,3H2. The molecule has 0 aliphatic heterocycles. The van der Waals surface area contributed by atoms with Crippen molar-refractivity contribution in [2.24, 2.45) is 0 Å². The van der Waals surface area contributed by atoms with Crippen LogP contribution in [-0.4, -0.2) is 11.3 Å². The Morgan fingerprint density at radius 2 is 2.05 bits per heavy atom. The Morgan fingerprint density at radius 1 is 1.42 bits per heavy atom. The lowest BCUT2D eigenvalue weighted by Gasteiger charge is -2.16. The highest BCUT2D eigenvalue weighted by Gasteiger charge is 2.34. The summed E-state index contributed by atoms with van der Waals surface area (Å²) >= 11 is 2.82. The molecular weight excluding hydrogens is 339 g/mol. The van der Waals surface area contributed by atoms with E-state index >= 15 is 0 Å². The summed E-state index contributed by atoms with van der Waals surface area (Å²) < 4.78 is 65.8. The summed E-state index contributed by atoms with van der Waals surface area (Å²) in [6.45, 7) is 0. The van der Waals surface area contributed by atoms with Crippen LogP contribution in [0.2, 0.25) is 0 Å². The molecule has 1 aromatic rings. The van der Waals surface area contributed by atoms with E-state index in [2.05, 4.69) is 25.7 Å². The molecule has 0 amide bonds. The van der Waals surface area contributed by atoms with Crippen molar-refractivity contribution >= 4 is 15.9 Å². The molecule has 1 heterocycles. The molecule has 0 fully saturated rings. The lowest BCUT2D eigenvalue weighted by Crippen LogP contribution is -2.20. The van der Waals surface area contributed by atoms with Gasteiger partial charge in [-0.1, -0.05) is 15.9 Å². The molecule has 0 aliphatic carbocycles. The molecule has 0 saturated heterocycles. The number of halogens is 6. The summed E-state index contributed by atoms with van der Waals surface area (Å²) in [6, 6.07) is 1.65. The smallest absolute Gasteiger partial charge is 0.388 e. The number of nitriles is 1. The average Bonchev–Trinajstić information content (AvgIpc) is 2.28. The fraction of sp³-hybridized carbons (Fsp3) is 0.400. The van der Waals surface area contributed by atoms with Crippen molar-refractivity contribution in [1.82, 2.24) is 4.98 Å². The molecule has 0 aromatic carbocycles. The number of pyridine rings is 1. The Bertz CT molecular complexity index is 498. The second-order valence-corrected chi connectivity index (χ2v) is 3.86. The highest BCUT2D eigenvalue weighted by atomic mass is 79.9. The molecule has 9 heteroatoms. The second kappa shape index (κ2) is 6.14. The van der Waals surface area contributed by atoms with Gasteiger partial charge in [-0.2, -0.15) is 5.26 Å². The van der Waals surface area contributed by atoms with Crippen LogP contribution in [0.25, 0.3) is 0 Å². The first-order valence-electron chi connectivity index (χ1n) is 4.77. The first kappa shape index (κ1) is 15.6. The van der Waals surface area contributed by atoms with Gasteiger partial charge in [-0.3, -0.25) is 0 Å². The Balaban J connectivity index is 3.37. The molecule has 0 radical (unpaired) electrons. The molecule has 0 atom stereocenters. The van der Waals surface area contributed by atoms with E-state index in [-0.39, 0.29) is 17.3 Å². The number of aromatic nitrogens is 1. The van der Waals surface area contributed by atoms with Gasteiger partial charge in [0.15, 0.2) is 0 Å². The molecular formula is C10H6BrF5N2O. The Kier molecular flexibility index (Phi) is 5.05. The van der Waals surface area contributed by atoms with E-state index in [0.717, 1.165) is 6.20 Å². The van der Waals surface area contributed by atoms with Crippen molar-refractivity contribution in [3.05, 3.63) is 22.9 Å². The maximum Gasteiger partial charge on any atom is 0.574 e. The van der Waals surface area contributed by atoms with Crippen molar-refractivity contribution in [2.75, 3.05) is 0 Å². The van der Waals surface area contributed by atoms with Gasteiger partial charge in [-0.15, -0.1) is 13.2 Å². The summed E-state index contributed by atoms with van der Waals surface area (Å²) in [5, 5.41) is 8.20. The molecule has 0 unspecified atom stereocenters. The van der Waals surface area contributed by atoms with Crippen LogP contribution >= 0.6 is 15.9 Å². The Labute approximate surface area is 113 Å². The number of hydrogen-bond donors (Lipinski definition) is 0. The third-order valence-corrected chi connectivity index (χ3v) is 2.66. The lowest BCUT2D eigenvalue weighted by molar-refractivity contribution is -0.276. The molecule has 3 nitrogen and oxygen atoms in total. The zero-order chi connectivity index (χ0) is 14.6. The van der Waals surface area contributed by atoms with E-state index in [9.17, 15) is 22.0 Å². The number of alkyl halides is 6. The predicted octanol–water partition coefficient (Wildman–Crippen LogP) is 3.88. The van der Waals surface area contributed by atoms with Gasteiger partial charge in [0.2, 0.25) is 5.88 Å². The molecule has 0 N–H and O–H groups in total. The molecule has 0 saturated carbocycles. The van der Waals surface area contributed by atoms with Gasteiger partial charge >= 0.3 is 6.36 Å². The van der Waals surface area contributed by atoms with E-state index < -0.39 is 29.8 Å². The van der Waals surface area contributed by atoms with Crippen molar-refractivity contribution in [1.29, 1.82) is 5.26 Å². The molecule has 19 heavy (non-hydrogen) atoms. The maximum absolute atomic E-state index is 12.9. The summed E-state index contributed by atoms with van der Waals surface area (Å²) in [5.41, 5.74) is -1.20. The van der Waals surface area contributed by atoms with Crippen LogP contribution < -0.4 is 4.74 Å². The van der Waals surface area contributed by atoms with Crippen molar-refractivity contribution in [3.63, 3.8) is 0 Å². The van der Waals surface area contributed by atoms with Crippen LogP contribution in [0.3, 0.4) is 0 Å². The zero-order valence-corrected chi connectivity index (χ0v) is 10.7. The van der Waals surface area contributed by atoms with E-state index in [1.807, 2.05) is 0 Å². The van der Waals surface area contributed by atoms with Gasteiger partial charge in [0, 0.05) is 22.7 Å². The molecule has 0 bridgehead atoms. The lowest BCUT2D eigenvalue weighted by atomic mass is 10.0. The Morgan fingerprint density at radius 3 is 2.47 bits per heavy atom. The molecule has 0 spiro atoms. The normalized spacial score (nSPS) is 11.5. The van der Waals surface area contributed by atoms with Crippen molar-refractivity contribution in [2.45, 2.75) is 24.5 Å². The monoisotopic (exact) mass is 344 g/mol. The summed E-state index contributed by atoms with van der Waals surface area (Å²) in [5.74, 6) is -0.943. The number of rotatable bonds is 4. The van der Waals surface area contributed by atoms with E-state index in [1.165, 1.54) is 0 Å². The van der Waals surface area contributed by atoms with Gasteiger partial charge < -0.3 is 4.74 Å². The van der Waals surface area contributed by atoms with Gasteiger partial charge in [0.05, 0.1) is 12.5 Å². The van der Waals surface area contributed by atoms with E-state index in [4.69, 9.17) is 5.26 Å². The van der Waals surface area contributed by atoms with Gasteiger partial charge in [0.1, 0.15) is 0 Å². The van der Waals surface area contributed by atoms with Gasteiger partial charge in [-0.05, 0) is 5.56 Å². The molecule has 1 rings (SSSR count). The topological polar surface area (TPSA) is 45.9 Å². The first-order valence-corrected chi connectivity index (χ1v) is 5.89. The first-order chi connectivity index (χ1) is 8.80. The quantitative estimate of drug-likeness (QED) is 0.615. The number of ether oxygens (including phenoxy) is 1. The Hall–Kier alpha value is -1.43. The average molecular weight is 345 g/mol. The van der Waals surface area contributed by atoms with Crippen molar-refractivity contribution in [3.8, 4) is 11.9 Å². The van der Waals surface area contributed by atoms with Crippen LogP contribution in [-0.2, 0) is 11.8 Å². The summed E-state index contributed by atoms with van der Waals surface area (Å²) in [6.07, 6.45) is -7.65. The minimum atomic E-state index is -5.03.